The molecule has 6 heteroatoms. The summed E-state index contributed by atoms with van der Waals surface area (Å²) in [5.41, 5.74) is 0.0249. The summed E-state index contributed by atoms with van der Waals surface area (Å²) in [6.45, 7) is 6.67. The van der Waals surface area contributed by atoms with Crippen LogP contribution in [0.15, 0.2) is 0 Å². The average Bonchev–Trinajstić information content (AvgIpc) is 2.56. The lowest BCUT2D eigenvalue weighted by Gasteiger charge is -2.56. The molecule has 4 aliphatic rings. The number of carbonyl (C=O) groups excluding carboxylic acids is 2. The molecule has 0 saturated heterocycles. The predicted molar refractivity (Wildman–Crippen MR) is 105 cm³/mol. The summed E-state index contributed by atoms with van der Waals surface area (Å²) in [7, 11) is 0. The van der Waals surface area contributed by atoms with E-state index in [1.54, 1.807) is 0 Å². The summed E-state index contributed by atoms with van der Waals surface area (Å²) in [4.78, 5) is 24.2. The van der Waals surface area contributed by atoms with Gasteiger partial charge in [0.15, 0.2) is 0 Å². The van der Waals surface area contributed by atoms with Crippen molar-refractivity contribution in [2.24, 2.45) is 23.7 Å². The van der Waals surface area contributed by atoms with Crippen molar-refractivity contribution in [1.29, 1.82) is 0 Å². The van der Waals surface area contributed by atoms with Crippen molar-refractivity contribution in [2.75, 3.05) is 26.3 Å². The molecule has 4 bridgehead atoms. The molecular weight excluding hydrogens is 342 g/mol. The van der Waals surface area contributed by atoms with Crippen molar-refractivity contribution in [2.45, 2.75) is 70.8 Å². The van der Waals surface area contributed by atoms with Gasteiger partial charge in [0, 0.05) is 38.3 Å². The van der Waals surface area contributed by atoms with Gasteiger partial charge in [0.2, 0.25) is 5.91 Å². The molecule has 0 heterocycles. The molecule has 0 aromatic carbocycles. The van der Waals surface area contributed by atoms with Gasteiger partial charge in [-0.25, -0.2) is 4.79 Å². The Balaban J connectivity index is 1.25. The van der Waals surface area contributed by atoms with E-state index in [1.165, 1.54) is 19.3 Å². The molecule has 4 fully saturated rings. The summed E-state index contributed by atoms with van der Waals surface area (Å²) in [5.74, 6) is 2.95. The SMILES string of the molecule is CC(C)COCCCNC(=O)CCNC(=O)NC12CC3CC(CC(C3)C1)C2. The first kappa shape index (κ1) is 20.4. The highest BCUT2D eigenvalue weighted by Gasteiger charge is 2.51. The van der Waals surface area contributed by atoms with E-state index in [2.05, 4.69) is 29.8 Å². The molecule has 0 spiro atoms. The first-order valence-electron chi connectivity index (χ1n) is 10.8. The number of ether oxygens (including phenoxy) is 1. The molecule has 0 unspecified atom stereocenters. The van der Waals surface area contributed by atoms with Gasteiger partial charge in [-0.2, -0.15) is 0 Å². The van der Waals surface area contributed by atoms with Crippen LogP contribution >= 0.6 is 0 Å². The van der Waals surface area contributed by atoms with Crippen LogP contribution in [0.3, 0.4) is 0 Å². The normalized spacial score (nSPS) is 31.1. The summed E-state index contributed by atoms with van der Waals surface area (Å²) in [5, 5.41) is 9.03. The minimum atomic E-state index is -0.105. The van der Waals surface area contributed by atoms with Gasteiger partial charge in [-0.1, -0.05) is 13.8 Å². The fraction of sp³-hybridized carbons (Fsp3) is 0.905. The number of rotatable bonds is 10. The Morgan fingerprint density at radius 1 is 1.00 bits per heavy atom. The maximum Gasteiger partial charge on any atom is 0.315 e. The van der Waals surface area contributed by atoms with Crippen molar-refractivity contribution in [3.63, 3.8) is 0 Å². The molecule has 0 aliphatic heterocycles. The van der Waals surface area contributed by atoms with Crippen LogP contribution < -0.4 is 16.0 Å². The largest absolute Gasteiger partial charge is 0.381 e. The third-order valence-electron chi connectivity index (χ3n) is 6.29. The van der Waals surface area contributed by atoms with Gasteiger partial charge in [-0.15, -0.1) is 0 Å². The number of amides is 3. The highest BCUT2D eigenvalue weighted by molar-refractivity contribution is 5.78. The Morgan fingerprint density at radius 2 is 1.63 bits per heavy atom. The quantitative estimate of drug-likeness (QED) is 0.511. The summed E-state index contributed by atoms with van der Waals surface area (Å²) < 4.78 is 5.49. The van der Waals surface area contributed by atoms with Crippen LogP contribution in [0.4, 0.5) is 4.79 Å². The second-order valence-corrected chi connectivity index (χ2v) is 9.50. The minimum absolute atomic E-state index is 0.0195. The summed E-state index contributed by atoms with van der Waals surface area (Å²) >= 11 is 0. The summed E-state index contributed by atoms with van der Waals surface area (Å²) in [6, 6.07) is -0.105. The Labute approximate surface area is 163 Å². The van der Waals surface area contributed by atoms with Gasteiger partial charge >= 0.3 is 6.03 Å². The lowest BCUT2D eigenvalue weighted by molar-refractivity contribution is -0.121. The molecule has 0 aromatic heterocycles. The van der Waals surface area contributed by atoms with E-state index >= 15 is 0 Å². The second kappa shape index (κ2) is 9.26. The number of urea groups is 1. The van der Waals surface area contributed by atoms with Crippen LogP contribution in [-0.4, -0.2) is 43.8 Å². The Kier molecular flexibility index (Phi) is 7.01. The highest BCUT2D eigenvalue weighted by atomic mass is 16.5. The van der Waals surface area contributed by atoms with E-state index in [9.17, 15) is 9.59 Å². The van der Waals surface area contributed by atoms with Crippen molar-refractivity contribution in [3.8, 4) is 0 Å². The molecule has 0 atom stereocenters. The molecule has 6 nitrogen and oxygen atoms in total. The average molecular weight is 380 g/mol. The monoisotopic (exact) mass is 379 g/mol. The lowest BCUT2D eigenvalue weighted by Crippen LogP contribution is -2.61. The second-order valence-electron chi connectivity index (χ2n) is 9.50. The molecular formula is C21H37N3O3. The van der Waals surface area contributed by atoms with Crippen LogP contribution in [0.1, 0.15) is 65.2 Å². The van der Waals surface area contributed by atoms with Crippen molar-refractivity contribution in [3.05, 3.63) is 0 Å². The number of nitrogens with one attached hydrogen (secondary N) is 3. The fourth-order valence-electron chi connectivity index (χ4n) is 5.65. The maximum absolute atomic E-state index is 12.3. The third kappa shape index (κ3) is 6.09. The Bertz CT molecular complexity index is 486. The van der Waals surface area contributed by atoms with E-state index in [0.717, 1.165) is 50.0 Å². The van der Waals surface area contributed by atoms with Crippen LogP contribution in [0.25, 0.3) is 0 Å². The van der Waals surface area contributed by atoms with Crippen molar-refractivity contribution >= 4 is 11.9 Å². The molecule has 3 N–H and O–H groups in total. The van der Waals surface area contributed by atoms with Gasteiger partial charge in [-0.3, -0.25) is 4.79 Å². The van der Waals surface area contributed by atoms with Gasteiger partial charge in [0.25, 0.3) is 0 Å². The zero-order chi connectivity index (χ0) is 19.3. The number of hydrogen-bond donors (Lipinski definition) is 3. The highest BCUT2D eigenvalue weighted by Crippen LogP contribution is 2.55. The molecule has 0 radical (unpaired) electrons. The summed E-state index contributed by atoms with van der Waals surface area (Å²) in [6.07, 6.45) is 8.67. The van der Waals surface area contributed by atoms with Crippen molar-refractivity contribution in [1.82, 2.24) is 16.0 Å². The molecule has 154 valence electrons. The van der Waals surface area contributed by atoms with E-state index < -0.39 is 0 Å². The van der Waals surface area contributed by atoms with Gasteiger partial charge in [0.05, 0.1) is 0 Å². The smallest absolute Gasteiger partial charge is 0.315 e. The first-order valence-corrected chi connectivity index (χ1v) is 10.8. The van der Waals surface area contributed by atoms with Crippen LogP contribution in [0, 0.1) is 23.7 Å². The third-order valence-corrected chi connectivity index (χ3v) is 6.29. The van der Waals surface area contributed by atoms with E-state index in [1.807, 2.05) is 0 Å². The zero-order valence-corrected chi connectivity index (χ0v) is 17.0. The van der Waals surface area contributed by atoms with E-state index in [4.69, 9.17) is 4.74 Å². The van der Waals surface area contributed by atoms with E-state index in [-0.39, 0.29) is 17.5 Å². The standard InChI is InChI=1S/C21H37N3O3/c1-15(2)14-27-7-3-5-22-19(25)4-6-23-20(26)24-21-11-16-8-17(12-21)10-18(9-16)13-21/h15-18H,3-14H2,1-2H3,(H,22,25)(H2,23,24,26). The maximum atomic E-state index is 12.3. The molecule has 4 aliphatic carbocycles. The molecule has 0 aromatic rings. The van der Waals surface area contributed by atoms with Gasteiger partial charge in [-0.05, 0) is 68.6 Å². The topological polar surface area (TPSA) is 79.5 Å². The predicted octanol–water partition coefficient (Wildman–Crippen LogP) is 2.82. The molecule has 3 amide bonds. The molecule has 27 heavy (non-hydrogen) atoms. The Morgan fingerprint density at radius 3 is 2.22 bits per heavy atom. The first-order chi connectivity index (χ1) is 12.9. The fourth-order valence-corrected chi connectivity index (χ4v) is 5.65. The van der Waals surface area contributed by atoms with Gasteiger partial charge in [0.1, 0.15) is 0 Å². The van der Waals surface area contributed by atoms with E-state index in [0.29, 0.717) is 32.0 Å². The number of carbonyl (C=O) groups is 2. The van der Waals surface area contributed by atoms with Crippen molar-refractivity contribution < 1.29 is 14.3 Å². The van der Waals surface area contributed by atoms with Crippen LogP contribution in [-0.2, 0) is 9.53 Å². The minimum Gasteiger partial charge on any atom is -0.381 e. The molecule has 4 rings (SSSR count). The van der Waals surface area contributed by atoms with Gasteiger partial charge < -0.3 is 20.7 Å². The lowest BCUT2D eigenvalue weighted by atomic mass is 9.53. The van der Waals surface area contributed by atoms with Crippen LogP contribution in [0.5, 0.6) is 0 Å². The molecule has 4 saturated carbocycles. The Hall–Kier alpha value is -1.30. The zero-order valence-electron chi connectivity index (χ0n) is 17.0. The number of hydrogen-bond acceptors (Lipinski definition) is 3. The van der Waals surface area contributed by atoms with Crippen LogP contribution in [0.2, 0.25) is 0 Å².